The number of rotatable bonds is 4. The van der Waals surface area contributed by atoms with Crippen LogP contribution in [0, 0.1) is 0 Å². The number of nitrogens with zero attached hydrogens (tertiary/aromatic N) is 2. The first-order valence-electron chi connectivity index (χ1n) is 3.04. The van der Waals surface area contributed by atoms with E-state index in [2.05, 4.69) is 14.1 Å². The largest absolute Gasteiger partial charge is 0.369 e. The summed E-state index contributed by atoms with van der Waals surface area (Å²) >= 11 is 1.14. The lowest BCUT2D eigenvalue weighted by Crippen LogP contribution is -2.28. The summed E-state index contributed by atoms with van der Waals surface area (Å²) in [7, 11) is 0. The number of aromatic nitrogens is 2. The molecule has 0 saturated carbocycles. The van der Waals surface area contributed by atoms with Crippen LogP contribution in [0.25, 0.3) is 0 Å². The molecule has 11 heavy (non-hydrogen) atoms. The minimum atomic E-state index is -0.367. The first-order valence-corrected chi connectivity index (χ1v) is 3.77. The van der Waals surface area contributed by atoms with Gasteiger partial charge in [0.25, 0.3) is 0 Å². The second kappa shape index (κ2) is 3.99. The Kier molecular flexibility index (Phi) is 2.94. The van der Waals surface area contributed by atoms with E-state index in [1.165, 1.54) is 0 Å². The average Bonchev–Trinajstić information content (AvgIpc) is 2.39. The number of carbonyl (C=O) groups excluding carboxylic acids is 1. The Morgan fingerprint density at radius 2 is 2.64 bits per heavy atom. The molecule has 0 aliphatic rings. The van der Waals surface area contributed by atoms with E-state index in [0.29, 0.717) is 6.54 Å². The summed E-state index contributed by atoms with van der Waals surface area (Å²) in [4.78, 5) is 10.3. The van der Waals surface area contributed by atoms with Gasteiger partial charge in [0.05, 0.1) is 30.2 Å². The summed E-state index contributed by atoms with van der Waals surface area (Å²) in [5.74, 6) is -0.367. The summed E-state index contributed by atoms with van der Waals surface area (Å²) in [6, 6.07) is 0. The molecule has 0 fully saturated rings. The first-order chi connectivity index (χ1) is 5.29. The predicted octanol–water partition coefficient (Wildman–Crippen LogP) is -0.887. The molecule has 60 valence electrons. The van der Waals surface area contributed by atoms with Gasteiger partial charge >= 0.3 is 0 Å². The summed E-state index contributed by atoms with van der Waals surface area (Å²) in [6.07, 6.45) is 1.65. The zero-order valence-electron chi connectivity index (χ0n) is 5.78. The number of amides is 1. The Labute approximate surface area is 67.9 Å². The molecular formula is C5H8N4OS. The van der Waals surface area contributed by atoms with Crippen LogP contribution in [-0.2, 0) is 11.3 Å². The third-order valence-corrected chi connectivity index (χ3v) is 1.53. The van der Waals surface area contributed by atoms with Crippen LogP contribution in [0.15, 0.2) is 6.20 Å². The van der Waals surface area contributed by atoms with Gasteiger partial charge in [-0.15, -0.1) is 0 Å². The molecule has 6 heteroatoms. The monoisotopic (exact) mass is 172 g/mol. The number of primary amides is 1. The summed E-state index contributed by atoms with van der Waals surface area (Å²) in [5, 5.41) is 2.82. The van der Waals surface area contributed by atoms with Gasteiger partial charge in [-0.1, -0.05) is 0 Å². The van der Waals surface area contributed by atoms with Crippen molar-refractivity contribution in [3.8, 4) is 0 Å². The van der Waals surface area contributed by atoms with Crippen LogP contribution >= 0.6 is 11.7 Å². The molecule has 1 rings (SSSR count). The maximum absolute atomic E-state index is 10.3. The zero-order chi connectivity index (χ0) is 8.10. The van der Waals surface area contributed by atoms with Gasteiger partial charge in [-0.2, -0.15) is 8.75 Å². The highest BCUT2D eigenvalue weighted by Crippen LogP contribution is 1.92. The lowest BCUT2D eigenvalue weighted by molar-refractivity contribution is -0.117. The van der Waals surface area contributed by atoms with Crippen LogP contribution in [-0.4, -0.2) is 21.2 Å². The lowest BCUT2D eigenvalue weighted by Gasteiger charge is -1.95. The normalized spacial score (nSPS) is 9.82. The molecule has 5 nitrogen and oxygen atoms in total. The van der Waals surface area contributed by atoms with Gasteiger partial charge in [0.2, 0.25) is 5.91 Å². The molecule has 1 aromatic heterocycles. The molecule has 0 spiro atoms. The van der Waals surface area contributed by atoms with Crippen molar-refractivity contribution in [1.29, 1.82) is 0 Å². The van der Waals surface area contributed by atoms with Crippen LogP contribution < -0.4 is 11.1 Å². The Hall–Kier alpha value is -1.01. The second-order valence-corrected chi connectivity index (χ2v) is 2.53. The van der Waals surface area contributed by atoms with Gasteiger partial charge in [0.15, 0.2) is 0 Å². The van der Waals surface area contributed by atoms with Crippen LogP contribution in [0.2, 0.25) is 0 Å². The van der Waals surface area contributed by atoms with E-state index in [9.17, 15) is 4.79 Å². The van der Waals surface area contributed by atoms with Crippen molar-refractivity contribution in [3.05, 3.63) is 11.9 Å². The quantitative estimate of drug-likeness (QED) is 0.617. The van der Waals surface area contributed by atoms with Crippen molar-refractivity contribution in [3.63, 3.8) is 0 Å². The molecule has 0 aliphatic carbocycles. The van der Waals surface area contributed by atoms with Crippen molar-refractivity contribution < 1.29 is 4.79 Å². The number of hydrogen-bond donors (Lipinski definition) is 2. The van der Waals surface area contributed by atoms with E-state index in [4.69, 9.17) is 5.73 Å². The van der Waals surface area contributed by atoms with Crippen molar-refractivity contribution in [2.75, 3.05) is 6.54 Å². The topological polar surface area (TPSA) is 80.9 Å². The van der Waals surface area contributed by atoms with Crippen molar-refractivity contribution in [2.24, 2.45) is 5.73 Å². The molecule has 0 unspecified atom stereocenters. The summed E-state index contributed by atoms with van der Waals surface area (Å²) in [5.41, 5.74) is 5.73. The second-order valence-electron chi connectivity index (χ2n) is 1.97. The van der Waals surface area contributed by atoms with Gasteiger partial charge < -0.3 is 11.1 Å². The number of nitrogens with one attached hydrogen (secondary N) is 1. The van der Waals surface area contributed by atoms with Crippen LogP contribution in [0.1, 0.15) is 5.69 Å². The minimum absolute atomic E-state index is 0.178. The molecule has 0 bridgehead atoms. The number of nitrogens with two attached hydrogens (primary N) is 1. The molecule has 0 radical (unpaired) electrons. The average molecular weight is 172 g/mol. The maximum atomic E-state index is 10.3. The fourth-order valence-corrected chi connectivity index (χ4v) is 1.01. The van der Waals surface area contributed by atoms with Gasteiger partial charge in [-0.3, -0.25) is 4.79 Å². The van der Waals surface area contributed by atoms with Gasteiger partial charge in [-0.25, -0.2) is 0 Å². The Morgan fingerprint density at radius 3 is 3.18 bits per heavy atom. The fourth-order valence-electron chi connectivity index (χ4n) is 0.576. The molecule has 0 atom stereocenters. The molecule has 0 aromatic carbocycles. The van der Waals surface area contributed by atoms with E-state index in [0.717, 1.165) is 17.4 Å². The highest BCUT2D eigenvalue weighted by Gasteiger charge is 1.96. The van der Waals surface area contributed by atoms with Gasteiger partial charge in [0.1, 0.15) is 0 Å². The molecule has 0 aliphatic heterocycles. The van der Waals surface area contributed by atoms with E-state index in [-0.39, 0.29) is 12.5 Å². The number of carbonyl (C=O) groups is 1. The van der Waals surface area contributed by atoms with Crippen LogP contribution in [0.4, 0.5) is 0 Å². The summed E-state index contributed by atoms with van der Waals surface area (Å²) < 4.78 is 7.72. The molecule has 0 saturated heterocycles. The maximum Gasteiger partial charge on any atom is 0.231 e. The van der Waals surface area contributed by atoms with Crippen molar-refractivity contribution in [1.82, 2.24) is 14.1 Å². The molecule has 3 N–H and O–H groups in total. The van der Waals surface area contributed by atoms with Crippen molar-refractivity contribution in [2.45, 2.75) is 6.54 Å². The zero-order valence-corrected chi connectivity index (χ0v) is 6.60. The third-order valence-electron chi connectivity index (χ3n) is 1.01. The Morgan fingerprint density at radius 1 is 1.82 bits per heavy atom. The molecule has 1 heterocycles. The molecule has 1 aromatic rings. The highest BCUT2D eigenvalue weighted by atomic mass is 32.1. The summed E-state index contributed by atoms with van der Waals surface area (Å²) in [6.45, 7) is 0.719. The van der Waals surface area contributed by atoms with Gasteiger partial charge in [0, 0.05) is 6.54 Å². The highest BCUT2D eigenvalue weighted by molar-refractivity contribution is 6.99. The Balaban J connectivity index is 2.19. The number of hydrogen-bond acceptors (Lipinski definition) is 5. The third kappa shape index (κ3) is 3.06. The van der Waals surface area contributed by atoms with Gasteiger partial charge in [-0.05, 0) is 0 Å². The van der Waals surface area contributed by atoms with E-state index in [1.807, 2.05) is 0 Å². The smallest absolute Gasteiger partial charge is 0.231 e. The molecular weight excluding hydrogens is 164 g/mol. The first kappa shape index (κ1) is 8.09. The Bertz CT molecular complexity index is 222. The van der Waals surface area contributed by atoms with Crippen LogP contribution in [0.3, 0.4) is 0 Å². The minimum Gasteiger partial charge on any atom is -0.369 e. The SMILES string of the molecule is NC(=O)CNCc1cnsn1. The van der Waals surface area contributed by atoms with E-state index >= 15 is 0 Å². The van der Waals surface area contributed by atoms with E-state index < -0.39 is 0 Å². The fraction of sp³-hybridized carbons (Fsp3) is 0.400. The van der Waals surface area contributed by atoms with E-state index in [1.54, 1.807) is 6.20 Å². The van der Waals surface area contributed by atoms with Crippen molar-refractivity contribution >= 4 is 17.6 Å². The standard InChI is InChI=1S/C5H8N4OS/c6-5(10)3-7-1-4-2-8-11-9-4/h2,7H,1,3H2,(H2,6,10). The van der Waals surface area contributed by atoms with Crippen LogP contribution in [0.5, 0.6) is 0 Å². The molecule has 1 amide bonds. The lowest BCUT2D eigenvalue weighted by atomic mass is 10.4. The predicted molar refractivity (Wildman–Crippen MR) is 40.8 cm³/mol.